The molecule has 206 valence electrons. The normalized spacial score (nSPS) is 38.4. The first-order valence-electron chi connectivity index (χ1n) is 9.99. The van der Waals surface area contributed by atoms with Gasteiger partial charge in [-0.1, -0.05) is 0 Å². The number of aliphatic hydroxyl groups excluding tert-OH is 6. The number of anilines is 1. The van der Waals surface area contributed by atoms with E-state index in [2.05, 4.69) is 18.3 Å². The van der Waals surface area contributed by atoms with E-state index in [9.17, 15) is 49.2 Å². The fourth-order valence-corrected chi connectivity index (χ4v) is 5.41. The van der Waals surface area contributed by atoms with Gasteiger partial charge in [-0.25, -0.2) is 9.11 Å². The van der Waals surface area contributed by atoms with Gasteiger partial charge in [0.2, 0.25) is 0 Å². The summed E-state index contributed by atoms with van der Waals surface area (Å²) < 4.78 is 47.3. The van der Waals surface area contributed by atoms with E-state index < -0.39 is 89.8 Å². The molecular formula is C15H23N3O16P2-2. The maximum absolute atomic E-state index is 12.0. The zero-order valence-electron chi connectivity index (χ0n) is 17.9. The summed E-state index contributed by atoms with van der Waals surface area (Å²) in [6.07, 6.45) is -15.5. The average molecular weight is 563 g/mol. The Labute approximate surface area is 201 Å². The number of nitrogen functional groups attached to an aromatic ring is 1. The Morgan fingerprint density at radius 2 is 1.64 bits per heavy atom. The second kappa shape index (κ2) is 11.2. The zero-order chi connectivity index (χ0) is 27.0. The van der Waals surface area contributed by atoms with Crippen molar-refractivity contribution in [1.29, 1.82) is 0 Å². The predicted octanol–water partition coefficient (Wildman–Crippen LogP) is -5.77. The van der Waals surface area contributed by atoms with Gasteiger partial charge in [0.1, 0.15) is 48.5 Å². The molecule has 3 heterocycles. The van der Waals surface area contributed by atoms with Crippen molar-refractivity contribution in [3.05, 3.63) is 22.7 Å². The van der Waals surface area contributed by atoms with Crippen molar-refractivity contribution >= 4 is 21.5 Å². The third-order valence-electron chi connectivity index (χ3n) is 5.14. The first-order valence-corrected chi connectivity index (χ1v) is 12.9. The zero-order valence-corrected chi connectivity index (χ0v) is 19.7. The lowest BCUT2D eigenvalue weighted by molar-refractivity contribution is -0.305. The van der Waals surface area contributed by atoms with Crippen LogP contribution in [0, 0.1) is 0 Å². The topological polar surface area (TPSA) is 309 Å². The van der Waals surface area contributed by atoms with Crippen LogP contribution in [0.2, 0.25) is 0 Å². The molecule has 0 bridgehead atoms. The summed E-state index contributed by atoms with van der Waals surface area (Å²) in [5, 5.41) is 58.5. The number of hydrogen-bond donors (Lipinski definition) is 7. The van der Waals surface area contributed by atoms with E-state index >= 15 is 0 Å². The van der Waals surface area contributed by atoms with Crippen molar-refractivity contribution in [3.8, 4) is 0 Å². The Morgan fingerprint density at radius 1 is 1.00 bits per heavy atom. The Hall–Kier alpha value is -1.38. The maximum atomic E-state index is 12.0. The lowest BCUT2D eigenvalue weighted by Crippen LogP contribution is -2.59. The molecule has 36 heavy (non-hydrogen) atoms. The Bertz CT molecular complexity index is 1070. The van der Waals surface area contributed by atoms with Crippen molar-refractivity contribution in [2.75, 3.05) is 18.9 Å². The van der Waals surface area contributed by atoms with Gasteiger partial charge in [-0.2, -0.15) is 4.98 Å². The minimum Gasteiger partial charge on any atom is -0.756 e. The number of phosphoric acid groups is 2. The molecule has 0 aliphatic carbocycles. The summed E-state index contributed by atoms with van der Waals surface area (Å²) >= 11 is 0. The van der Waals surface area contributed by atoms with E-state index in [1.165, 1.54) is 6.07 Å². The molecule has 8 N–H and O–H groups in total. The number of nitrogens with two attached hydrogens (primary N) is 1. The van der Waals surface area contributed by atoms with Gasteiger partial charge >= 0.3 is 5.69 Å². The monoisotopic (exact) mass is 563 g/mol. The fraction of sp³-hybridized carbons (Fsp3) is 0.733. The number of hydrogen-bond acceptors (Lipinski definition) is 18. The van der Waals surface area contributed by atoms with Crippen LogP contribution in [0.25, 0.3) is 0 Å². The second-order valence-electron chi connectivity index (χ2n) is 7.66. The SMILES string of the molecule is Nc1ccn([C@@H]2O[C@H](COP(=O)([O-])OP(=O)([O-])O[C@@H]3OC(CO)[C@H](O)[C@H](O)C3O)C(O)[C@@H]2O)c(=O)n1. The van der Waals surface area contributed by atoms with Gasteiger partial charge in [0.25, 0.3) is 15.6 Å². The van der Waals surface area contributed by atoms with Crippen molar-refractivity contribution in [1.82, 2.24) is 9.55 Å². The molecule has 1 aromatic heterocycles. The van der Waals surface area contributed by atoms with Gasteiger partial charge in [0, 0.05) is 6.20 Å². The largest absolute Gasteiger partial charge is 0.756 e. The van der Waals surface area contributed by atoms with Crippen LogP contribution in [-0.4, -0.2) is 102 Å². The van der Waals surface area contributed by atoms with Gasteiger partial charge in [-0.05, 0) is 6.07 Å². The first kappa shape index (κ1) is 29.2. The molecule has 1 aromatic rings. The van der Waals surface area contributed by atoms with E-state index in [4.69, 9.17) is 20.3 Å². The molecule has 0 radical (unpaired) electrons. The number of phosphoric ester groups is 2. The van der Waals surface area contributed by atoms with Crippen LogP contribution in [0.15, 0.2) is 17.1 Å². The Morgan fingerprint density at radius 3 is 2.25 bits per heavy atom. The smallest absolute Gasteiger partial charge is 0.351 e. The molecule has 2 aliphatic heterocycles. The molecule has 21 heteroatoms. The summed E-state index contributed by atoms with van der Waals surface area (Å²) in [6.45, 7) is -2.01. The summed E-state index contributed by atoms with van der Waals surface area (Å²) in [5.74, 6) is -0.137. The highest BCUT2D eigenvalue weighted by Crippen LogP contribution is 2.57. The highest BCUT2D eigenvalue weighted by molar-refractivity contribution is 7.59. The van der Waals surface area contributed by atoms with E-state index in [1.807, 2.05) is 0 Å². The van der Waals surface area contributed by atoms with Crippen LogP contribution >= 0.6 is 15.6 Å². The average Bonchev–Trinajstić information content (AvgIpc) is 3.06. The molecule has 2 aliphatic rings. The molecule has 0 amide bonds. The minimum atomic E-state index is -5.89. The number of ether oxygens (including phenoxy) is 2. The predicted molar refractivity (Wildman–Crippen MR) is 106 cm³/mol. The number of rotatable bonds is 9. The molecule has 0 saturated carbocycles. The van der Waals surface area contributed by atoms with Crippen molar-refractivity contribution in [3.63, 3.8) is 0 Å². The Balaban J connectivity index is 1.61. The quantitative estimate of drug-likeness (QED) is 0.138. The molecule has 2 saturated heterocycles. The summed E-state index contributed by atoms with van der Waals surface area (Å²) in [6, 6.07) is 1.19. The fourth-order valence-electron chi connectivity index (χ4n) is 3.33. The minimum absolute atomic E-state index is 0.137. The highest BCUT2D eigenvalue weighted by atomic mass is 31.3. The number of aromatic nitrogens is 2. The van der Waals surface area contributed by atoms with Gasteiger partial charge in [-0.15, -0.1) is 0 Å². The summed E-state index contributed by atoms with van der Waals surface area (Å²) in [4.78, 5) is 39.4. The van der Waals surface area contributed by atoms with Crippen molar-refractivity contribution in [2.45, 2.75) is 55.2 Å². The molecule has 19 nitrogen and oxygen atoms in total. The molecule has 5 unspecified atom stereocenters. The number of aliphatic hydroxyl groups is 6. The highest BCUT2D eigenvalue weighted by Gasteiger charge is 2.47. The molecule has 2 fully saturated rings. The lowest BCUT2D eigenvalue weighted by atomic mass is 10.00. The lowest BCUT2D eigenvalue weighted by Gasteiger charge is -2.41. The van der Waals surface area contributed by atoms with Crippen LogP contribution < -0.4 is 21.2 Å². The molecule has 3 rings (SSSR count). The van der Waals surface area contributed by atoms with Crippen LogP contribution in [-0.2, 0) is 32.0 Å². The third kappa shape index (κ3) is 6.54. The second-order valence-corrected chi connectivity index (χ2v) is 10.6. The Kier molecular flexibility index (Phi) is 9.05. The van der Waals surface area contributed by atoms with Gasteiger partial charge in [0.15, 0.2) is 12.5 Å². The van der Waals surface area contributed by atoms with Crippen molar-refractivity contribution < 1.29 is 72.4 Å². The van der Waals surface area contributed by atoms with E-state index in [1.54, 1.807) is 0 Å². The van der Waals surface area contributed by atoms with Gasteiger partial charge in [-0.3, -0.25) is 18.2 Å². The van der Waals surface area contributed by atoms with Crippen LogP contribution in [0.4, 0.5) is 5.82 Å². The summed E-state index contributed by atoms with van der Waals surface area (Å²) in [5.41, 5.74) is 4.41. The first-order chi connectivity index (χ1) is 16.7. The van der Waals surface area contributed by atoms with E-state index in [0.717, 1.165) is 10.8 Å². The molecular weight excluding hydrogens is 540 g/mol. The molecule has 0 aromatic carbocycles. The van der Waals surface area contributed by atoms with E-state index in [0.29, 0.717) is 0 Å². The van der Waals surface area contributed by atoms with Gasteiger partial charge < -0.3 is 60.2 Å². The van der Waals surface area contributed by atoms with Crippen LogP contribution in [0.3, 0.4) is 0 Å². The van der Waals surface area contributed by atoms with E-state index in [-0.39, 0.29) is 5.82 Å². The van der Waals surface area contributed by atoms with Gasteiger partial charge in [0.05, 0.1) is 13.2 Å². The summed E-state index contributed by atoms with van der Waals surface area (Å²) in [7, 11) is -11.7. The molecule has 11 atom stereocenters. The third-order valence-corrected chi connectivity index (χ3v) is 7.67. The molecule has 0 spiro atoms. The standard InChI is InChI=1S/C15H25N3O16P2/c16-7-1-2-18(15(25)17-7)13-11(23)9(21)6(31-13)4-30-35(26,27)34-36(28,29)33-14-12(24)10(22)8(20)5(3-19)32-14/h1-2,5-6,8-14,19-24H,3-4H2,(H,26,27)(H,28,29)(H2,16,17,25)/p-2/t5?,6-,8+,9?,10+,11+,12?,13-,14+/m1/s1. The number of nitrogens with zero attached hydrogens (tertiary/aromatic N) is 2. The maximum Gasteiger partial charge on any atom is 0.351 e. The van der Waals surface area contributed by atoms with Crippen LogP contribution in [0.1, 0.15) is 6.23 Å². The van der Waals surface area contributed by atoms with Crippen molar-refractivity contribution in [2.24, 2.45) is 0 Å². The van der Waals surface area contributed by atoms with Crippen LogP contribution in [0.5, 0.6) is 0 Å².